The number of nitrogens with two attached hydrogens (primary N) is 1. The summed E-state index contributed by atoms with van der Waals surface area (Å²) in [5, 5.41) is 0. The Bertz CT molecular complexity index is 1040. The zero-order valence-electron chi connectivity index (χ0n) is 16.5. The van der Waals surface area contributed by atoms with Gasteiger partial charge in [0, 0.05) is 42.6 Å². The Labute approximate surface area is 169 Å². The van der Waals surface area contributed by atoms with Crippen LogP contribution < -0.4 is 5.73 Å². The van der Waals surface area contributed by atoms with Gasteiger partial charge in [-0.3, -0.25) is 9.20 Å². The molecular weight excluding hydrogens is 370 g/mol. The first-order chi connectivity index (χ1) is 13.5. The number of carbonyl (C=O) groups excluding carboxylic acids is 1. The lowest BCUT2D eigenvalue weighted by molar-refractivity contribution is -0.129. The summed E-state index contributed by atoms with van der Waals surface area (Å²) in [6.45, 7) is 5.28. The highest BCUT2D eigenvalue weighted by atomic mass is 32.2. The van der Waals surface area contributed by atoms with Crippen molar-refractivity contribution in [2.75, 3.05) is 25.1 Å². The molecule has 2 N–H and O–H groups in total. The van der Waals surface area contributed by atoms with Gasteiger partial charge in [-0.2, -0.15) is 0 Å². The summed E-state index contributed by atoms with van der Waals surface area (Å²) in [5.41, 5.74) is 11.3. The van der Waals surface area contributed by atoms with Crippen LogP contribution in [0.2, 0.25) is 0 Å². The summed E-state index contributed by atoms with van der Waals surface area (Å²) in [4.78, 5) is 23.9. The first-order valence-electron chi connectivity index (χ1n) is 9.52. The van der Waals surface area contributed by atoms with Gasteiger partial charge < -0.3 is 10.6 Å². The third kappa shape index (κ3) is 3.35. The SMILES string of the molecule is CSc1ccc(C)c(-c2cnc3c(N)nc(C4CCN(C(C)=O)CC4)cn23)c1. The van der Waals surface area contributed by atoms with Crippen LogP contribution in [0.3, 0.4) is 0 Å². The molecule has 28 heavy (non-hydrogen) atoms. The van der Waals surface area contributed by atoms with Gasteiger partial charge in [0.25, 0.3) is 0 Å². The van der Waals surface area contributed by atoms with Crippen molar-refractivity contribution in [3.05, 3.63) is 41.9 Å². The summed E-state index contributed by atoms with van der Waals surface area (Å²) in [5.74, 6) is 0.898. The summed E-state index contributed by atoms with van der Waals surface area (Å²) < 4.78 is 2.07. The van der Waals surface area contributed by atoms with Gasteiger partial charge in [0.1, 0.15) is 0 Å². The Morgan fingerprint density at radius 3 is 2.71 bits per heavy atom. The smallest absolute Gasteiger partial charge is 0.219 e. The molecule has 2 aromatic heterocycles. The molecule has 4 rings (SSSR count). The maximum Gasteiger partial charge on any atom is 0.219 e. The molecule has 0 atom stereocenters. The van der Waals surface area contributed by atoms with Crippen molar-refractivity contribution in [3.63, 3.8) is 0 Å². The molecule has 1 fully saturated rings. The molecule has 3 aromatic rings. The van der Waals surface area contributed by atoms with Crippen molar-refractivity contribution in [1.82, 2.24) is 19.3 Å². The molecule has 0 aliphatic carbocycles. The number of nitrogen functional groups attached to an aromatic ring is 1. The van der Waals surface area contributed by atoms with E-state index < -0.39 is 0 Å². The number of anilines is 1. The summed E-state index contributed by atoms with van der Waals surface area (Å²) in [6.07, 6.45) is 7.84. The third-order valence-corrected chi connectivity index (χ3v) is 6.34. The zero-order valence-corrected chi connectivity index (χ0v) is 17.3. The first kappa shape index (κ1) is 18.8. The van der Waals surface area contributed by atoms with Crippen molar-refractivity contribution in [2.45, 2.75) is 37.5 Å². The predicted molar refractivity (Wildman–Crippen MR) is 114 cm³/mol. The minimum absolute atomic E-state index is 0.141. The fourth-order valence-corrected chi connectivity index (χ4v) is 4.36. The van der Waals surface area contributed by atoms with E-state index >= 15 is 0 Å². The number of piperidine rings is 1. The normalized spacial score (nSPS) is 15.3. The van der Waals surface area contributed by atoms with Crippen LogP contribution in [0, 0.1) is 6.92 Å². The number of aryl methyl sites for hydroxylation is 1. The Morgan fingerprint density at radius 1 is 1.29 bits per heavy atom. The van der Waals surface area contributed by atoms with E-state index in [1.807, 2.05) is 11.1 Å². The fourth-order valence-electron chi connectivity index (χ4n) is 3.92. The summed E-state index contributed by atoms with van der Waals surface area (Å²) in [6, 6.07) is 6.48. The monoisotopic (exact) mass is 395 g/mol. The average Bonchev–Trinajstić information content (AvgIpc) is 3.13. The van der Waals surface area contributed by atoms with Gasteiger partial charge in [-0.25, -0.2) is 9.97 Å². The van der Waals surface area contributed by atoms with E-state index in [0.717, 1.165) is 42.9 Å². The quantitative estimate of drug-likeness (QED) is 0.684. The number of imidazole rings is 1. The highest BCUT2D eigenvalue weighted by Gasteiger charge is 2.24. The lowest BCUT2D eigenvalue weighted by Gasteiger charge is -2.31. The van der Waals surface area contributed by atoms with Gasteiger partial charge in [0.15, 0.2) is 11.5 Å². The van der Waals surface area contributed by atoms with Crippen molar-refractivity contribution >= 4 is 29.1 Å². The fraction of sp³-hybridized carbons (Fsp3) is 0.381. The van der Waals surface area contributed by atoms with Crippen LogP contribution in [0.15, 0.2) is 35.5 Å². The molecule has 1 saturated heterocycles. The number of likely N-dealkylation sites (tertiary alicyclic amines) is 1. The van der Waals surface area contributed by atoms with Crippen molar-refractivity contribution in [2.24, 2.45) is 0 Å². The minimum atomic E-state index is 0.141. The average molecular weight is 396 g/mol. The Balaban J connectivity index is 1.75. The topological polar surface area (TPSA) is 76.5 Å². The van der Waals surface area contributed by atoms with E-state index in [1.54, 1.807) is 18.7 Å². The lowest BCUT2D eigenvalue weighted by Crippen LogP contribution is -2.36. The van der Waals surface area contributed by atoms with Gasteiger partial charge in [-0.15, -0.1) is 11.8 Å². The lowest BCUT2D eigenvalue weighted by atomic mass is 9.93. The van der Waals surface area contributed by atoms with Crippen LogP contribution in [-0.2, 0) is 4.79 Å². The Hall–Kier alpha value is -2.54. The molecule has 3 heterocycles. The molecule has 1 aromatic carbocycles. The van der Waals surface area contributed by atoms with Crippen LogP contribution in [-0.4, -0.2) is 44.5 Å². The van der Waals surface area contributed by atoms with Gasteiger partial charge in [0.2, 0.25) is 5.91 Å². The van der Waals surface area contributed by atoms with E-state index in [4.69, 9.17) is 5.73 Å². The maximum absolute atomic E-state index is 11.6. The molecule has 0 radical (unpaired) electrons. The number of amides is 1. The number of hydrogen-bond acceptors (Lipinski definition) is 5. The van der Waals surface area contributed by atoms with Crippen molar-refractivity contribution < 1.29 is 4.79 Å². The minimum Gasteiger partial charge on any atom is -0.381 e. The molecule has 0 unspecified atom stereocenters. The van der Waals surface area contributed by atoms with Gasteiger partial charge in [-0.05, 0) is 43.7 Å². The number of carbonyl (C=O) groups is 1. The molecular formula is C21H25N5OS. The van der Waals surface area contributed by atoms with Crippen LogP contribution in [0.1, 0.15) is 36.9 Å². The molecule has 146 valence electrons. The maximum atomic E-state index is 11.6. The first-order valence-corrected chi connectivity index (χ1v) is 10.7. The standard InChI is InChI=1S/C21H25N5OS/c1-13-4-5-16(28-3)10-17(13)19-11-23-21-20(22)24-18(12-26(19)21)15-6-8-25(9-7-15)14(2)27/h4-5,10-12,15H,6-9H2,1-3H3,(H2,22,24). The Morgan fingerprint density at radius 2 is 2.04 bits per heavy atom. The zero-order chi connectivity index (χ0) is 19.8. The van der Waals surface area contributed by atoms with Crippen LogP contribution in [0.25, 0.3) is 16.9 Å². The number of thioether (sulfide) groups is 1. The van der Waals surface area contributed by atoms with Crippen LogP contribution >= 0.6 is 11.8 Å². The number of rotatable bonds is 3. The second kappa shape index (κ2) is 7.47. The second-order valence-electron chi connectivity index (χ2n) is 7.35. The molecule has 1 amide bonds. The van der Waals surface area contributed by atoms with Crippen molar-refractivity contribution in [3.8, 4) is 11.3 Å². The molecule has 0 bridgehead atoms. The molecule has 1 aliphatic rings. The number of benzene rings is 1. The van der Waals surface area contributed by atoms with E-state index in [-0.39, 0.29) is 5.91 Å². The van der Waals surface area contributed by atoms with E-state index in [1.165, 1.54) is 10.5 Å². The summed E-state index contributed by atoms with van der Waals surface area (Å²) >= 11 is 1.73. The van der Waals surface area contributed by atoms with Crippen LogP contribution in [0.5, 0.6) is 0 Å². The highest BCUT2D eigenvalue weighted by Crippen LogP contribution is 2.32. The third-order valence-electron chi connectivity index (χ3n) is 5.62. The van der Waals surface area contributed by atoms with E-state index in [9.17, 15) is 4.79 Å². The van der Waals surface area contributed by atoms with E-state index in [0.29, 0.717) is 17.4 Å². The van der Waals surface area contributed by atoms with Crippen molar-refractivity contribution in [1.29, 1.82) is 0 Å². The largest absolute Gasteiger partial charge is 0.381 e. The molecule has 7 heteroatoms. The van der Waals surface area contributed by atoms with Gasteiger partial charge >= 0.3 is 0 Å². The molecule has 0 saturated carbocycles. The number of nitrogens with zero attached hydrogens (tertiary/aromatic N) is 4. The number of fused-ring (bicyclic) bond motifs is 1. The second-order valence-corrected chi connectivity index (χ2v) is 8.23. The molecule has 1 aliphatic heterocycles. The Kier molecular flexibility index (Phi) is 5.02. The summed E-state index contributed by atoms with van der Waals surface area (Å²) in [7, 11) is 0. The number of hydrogen-bond donors (Lipinski definition) is 1. The molecule has 6 nitrogen and oxygen atoms in total. The molecule has 0 spiro atoms. The van der Waals surface area contributed by atoms with E-state index in [2.05, 4.69) is 51.9 Å². The van der Waals surface area contributed by atoms with Gasteiger partial charge in [-0.1, -0.05) is 6.07 Å². The highest BCUT2D eigenvalue weighted by molar-refractivity contribution is 7.98. The van der Waals surface area contributed by atoms with Gasteiger partial charge in [0.05, 0.1) is 17.6 Å². The predicted octanol–water partition coefficient (Wildman–Crippen LogP) is 3.73. The number of aromatic nitrogens is 3. The van der Waals surface area contributed by atoms with Crippen LogP contribution in [0.4, 0.5) is 5.82 Å².